The van der Waals surface area contributed by atoms with Gasteiger partial charge in [0.25, 0.3) is 5.56 Å². The van der Waals surface area contributed by atoms with Crippen molar-refractivity contribution < 1.29 is 4.74 Å². The molecule has 1 fully saturated rings. The standard InChI is InChI=1S/C11H17N3O2/c1-2-9-8(3-6-16-9)7-14-10-11(15)13-5-4-12-10/h4-5,8-9H,2-3,6-7H2,1H3,(H,12,14)(H,13,15). The molecule has 0 saturated carbocycles. The Hall–Kier alpha value is -1.36. The van der Waals surface area contributed by atoms with Gasteiger partial charge in [-0.05, 0) is 12.8 Å². The Morgan fingerprint density at radius 1 is 1.69 bits per heavy atom. The normalized spacial score (nSPS) is 24.6. The lowest BCUT2D eigenvalue weighted by Crippen LogP contribution is -2.25. The van der Waals surface area contributed by atoms with E-state index in [0.717, 1.165) is 26.0 Å². The van der Waals surface area contributed by atoms with E-state index in [4.69, 9.17) is 4.74 Å². The van der Waals surface area contributed by atoms with E-state index >= 15 is 0 Å². The van der Waals surface area contributed by atoms with Crippen molar-refractivity contribution in [3.8, 4) is 0 Å². The number of rotatable bonds is 4. The molecular weight excluding hydrogens is 206 g/mol. The van der Waals surface area contributed by atoms with Crippen LogP contribution in [-0.4, -0.2) is 29.2 Å². The zero-order valence-electron chi connectivity index (χ0n) is 9.40. The van der Waals surface area contributed by atoms with Crippen LogP contribution < -0.4 is 10.9 Å². The molecule has 5 heteroatoms. The van der Waals surface area contributed by atoms with Gasteiger partial charge in [0.2, 0.25) is 0 Å². The number of aromatic nitrogens is 2. The summed E-state index contributed by atoms with van der Waals surface area (Å²) in [6, 6.07) is 0. The smallest absolute Gasteiger partial charge is 0.290 e. The van der Waals surface area contributed by atoms with Gasteiger partial charge in [-0.3, -0.25) is 4.79 Å². The molecule has 2 atom stereocenters. The number of nitrogens with one attached hydrogen (secondary N) is 2. The van der Waals surface area contributed by atoms with Gasteiger partial charge in [0, 0.05) is 31.5 Å². The van der Waals surface area contributed by atoms with Crippen molar-refractivity contribution >= 4 is 5.82 Å². The maximum atomic E-state index is 11.4. The maximum Gasteiger partial charge on any atom is 0.290 e. The van der Waals surface area contributed by atoms with Crippen molar-refractivity contribution in [2.75, 3.05) is 18.5 Å². The van der Waals surface area contributed by atoms with Gasteiger partial charge in [-0.1, -0.05) is 6.92 Å². The second kappa shape index (κ2) is 5.12. The number of hydrogen-bond donors (Lipinski definition) is 2. The first-order valence-electron chi connectivity index (χ1n) is 5.70. The van der Waals surface area contributed by atoms with E-state index in [2.05, 4.69) is 22.2 Å². The van der Waals surface area contributed by atoms with Crippen molar-refractivity contribution in [3.05, 3.63) is 22.7 Å². The minimum Gasteiger partial charge on any atom is -0.378 e. The number of ether oxygens (including phenoxy) is 1. The van der Waals surface area contributed by atoms with Gasteiger partial charge in [0.05, 0.1) is 6.10 Å². The summed E-state index contributed by atoms with van der Waals surface area (Å²) in [5, 5.41) is 3.08. The molecule has 2 heterocycles. The number of anilines is 1. The van der Waals surface area contributed by atoms with Crippen molar-refractivity contribution in [1.82, 2.24) is 9.97 Å². The predicted molar refractivity (Wildman–Crippen MR) is 61.5 cm³/mol. The van der Waals surface area contributed by atoms with Crippen LogP contribution in [-0.2, 0) is 4.74 Å². The van der Waals surface area contributed by atoms with E-state index in [1.54, 1.807) is 6.20 Å². The Balaban J connectivity index is 1.92. The molecule has 2 unspecified atom stereocenters. The second-order valence-corrected chi connectivity index (χ2v) is 4.01. The average Bonchev–Trinajstić information content (AvgIpc) is 2.75. The summed E-state index contributed by atoms with van der Waals surface area (Å²) in [6.45, 7) is 3.69. The van der Waals surface area contributed by atoms with Gasteiger partial charge in [-0.25, -0.2) is 4.98 Å². The van der Waals surface area contributed by atoms with Crippen LogP contribution in [0.3, 0.4) is 0 Å². The highest BCUT2D eigenvalue weighted by molar-refractivity contribution is 5.30. The third-order valence-corrected chi connectivity index (χ3v) is 2.99. The molecule has 2 rings (SSSR count). The zero-order chi connectivity index (χ0) is 11.4. The Labute approximate surface area is 94.2 Å². The van der Waals surface area contributed by atoms with E-state index in [1.807, 2.05) is 0 Å². The zero-order valence-corrected chi connectivity index (χ0v) is 9.40. The highest BCUT2D eigenvalue weighted by atomic mass is 16.5. The summed E-state index contributed by atoms with van der Waals surface area (Å²) >= 11 is 0. The Bertz CT molecular complexity index is 391. The number of nitrogens with zero attached hydrogens (tertiary/aromatic N) is 1. The molecule has 2 N–H and O–H groups in total. The summed E-state index contributed by atoms with van der Waals surface area (Å²) in [5.74, 6) is 0.871. The molecule has 1 aromatic heterocycles. The van der Waals surface area contributed by atoms with E-state index in [1.165, 1.54) is 6.20 Å². The highest BCUT2D eigenvalue weighted by Crippen LogP contribution is 2.23. The second-order valence-electron chi connectivity index (χ2n) is 4.01. The minimum absolute atomic E-state index is 0.172. The highest BCUT2D eigenvalue weighted by Gasteiger charge is 2.26. The van der Waals surface area contributed by atoms with Gasteiger partial charge < -0.3 is 15.0 Å². The van der Waals surface area contributed by atoms with Crippen molar-refractivity contribution in [2.24, 2.45) is 5.92 Å². The molecular formula is C11H17N3O2. The third kappa shape index (κ3) is 2.41. The fraction of sp³-hybridized carbons (Fsp3) is 0.636. The summed E-state index contributed by atoms with van der Waals surface area (Å²) in [4.78, 5) is 17.9. The van der Waals surface area contributed by atoms with Gasteiger partial charge in [-0.15, -0.1) is 0 Å². The summed E-state index contributed by atoms with van der Waals surface area (Å²) in [7, 11) is 0. The van der Waals surface area contributed by atoms with Crippen LogP contribution in [0.25, 0.3) is 0 Å². The molecule has 1 aliphatic rings. The first kappa shape index (κ1) is 11.1. The molecule has 1 aromatic rings. The molecule has 0 amide bonds. The number of aromatic amines is 1. The average molecular weight is 223 g/mol. The molecule has 0 aromatic carbocycles. The lowest BCUT2D eigenvalue weighted by molar-refractivity contribution is 0.0900. The van der Waals surface area contributed by atoms with Crippen LogP contribution in [0.15, 0.2) is 17.2 Å². The van der Waals surface area contributed by atoms with Crippen LogP contribution in [0, 0.1) is 5.92 Å². The molecule has 0 radical (unpaired) electrons. The van der Waals surface area contributed by atoms with Crippen molar-refractivity contribution in [1.29, 1.82) is 0 Å². The third-order valence-electron chi connectivity index (χ3n) is 2.99. The first-order chi connectivity index (χ1) is 7.81. The Morgan fingerprint density at radius 3 is 3.31 bits per heavy atom. The van der Waals surface area contributed by atoms with Crippen molar-refractivity contribution in [2.45, 2.75) is 25.9 Å². The maximum absolute atomic E-state index is 11.4. The SMILES string of the molecule is CCC1OCCC1CNc1ncc[nH]c1=O. The molecule has 0 bridgehead atoms. The fourth-order valence-electron chi connectivity index (χ4n) is 2.08. The largest absolute Gasteiger partial charge is 0.378 e. The molecule has 0 spiro atoms. The van der Waals surface area contributed by atoms with E-state index in [0.29, 0.717) is 17.8 Å². The molecule has 1 saturated heterocycles. The lowest BCUT2D eigenvalue weighted by Gasteiger charge is -2.16. The summed E-state index contributed by atoms with van der Waals surface area (Å²) < 4.78 is 5.59. The van der Waals surface area contributed by atoms with Crippen LogP contribution in [0.4, 0.5) is 5.82 Å². The number of H-pyrrole nitrogens is 1. The van der Waals surface area contributed by atoms with Gasteiger partial charge in [0.15, 0.2) is 5.82 Å². The molecule has 5 nitrogen and oxygen atoms in total. The molecule has 0 aliphatic carbocycles. The number of hydrogen-bond acceptors (Lipinski definition) is 4. The monoisotopic (exact) mass is 223 g/mol. The lowest BCUT2D eigenvalue weighted by atomic mass is 10.00. The first-order valence-corrected chi connectivity index (χ1v) is 5.70. The van der Waals surface area contributed by atoms with E-state index in [-0.39, 0.29) is 5.56 Å². The predicted octanol–water partition coefficient (Wildman–Crippen LogP) is 0.997. The minimum atomic E-state index is -0.172. The molecule has 16 heavy (non-hydrogen) atoms. The summed E-state index contributed by atoms with van der Waals surface area (Å²) in [6.07, 6.45) is 5.49. The Morgan fingerprint density at radius 2 is 2.56 bits per heavy atom. The van der Waals surface area contributed by atoms with E-state index < -0.39 is 0 Å². The molecule has 1 aliphatic heterocycles. The van der Waals surface area contributed by atoms with Crippen LogP contribution in [0.2, 0.25) is 0 Å². The van der Waals surface area contributed by atoms with E-state index in [9.17, 15) is 4.79 Å². The summed E-state index contributed by atoms with van der Waals surface area (Å²) in [5.41, 5.74) is -0.172. The van der Waals surface area contributed by atoms with Crippen LogP contribution in [0.1, 0.15) is 19.8 Å². The fourth-order valence-corrected chi connectivity index (χ4v) is 2.08. The quantitative estimate of drug-likeness (QED) is 0.799. The van der Waals surface area contributed by atoms with Gasteiger partial charge >= 0.3 is 0 Å². The van der Waals surface area contributed by atoms with Gasteiger partial charge in [0.1, 0.15) is 0 Å². The van der Waals surface area contributed by atoms with Gasteiger partial charge in [-0.2, -0.15) is 0 Å². The topological polar surface area (TPSA) is 67.0 Å². The van der Waals surface area contributed by atoms with Crippen LogP contribution >= 0.6 is 0 Å². The Kier molecular flexibility index (Phi) is 3.56. The van der Waals surface area contributed by atoms with Crippen LogP contribution in [0.5, 0.6) is 0 Å². The molecule has 88 valence electrons. The van der Waals surface area contributed by atoms with Crippen molar-refractivity contribution in [3.63, 3.8) is 0 Å².